The molecule has 0 aliphatic rings. The van der Waals surface area contributed by atoms with Gasteiger partial charge in [0.25, 0.3) is 11.8 Å². The number of nitrogens with one attached hydrogen (secondary N) is 2. The molecule has 0 aliphatic heterocycles. The number of hydrogen-bond donors (Lipinski definition) is 2. The Bertz CT molecular complexity index is 1170. The largest absolute Gasteiger partial charge is 0.351 e. The van der Waals surface area contributed by atoms with Gasteiger partial charge in [-0.25, -0.2) is 0 Å². The first-order valence-corrected chi connectivity index (χ1v) is 10.5. The molecule has 2 amide bonds. The van der Waals surface area contributed by atoms with E-state index in [1.54, 1.807) is 24.3 Å². The summed E-state index contributed by atoms with van der Waals surface area (Å²) < 4.78 is 5.24. The topological polar surface area (TPSA) is 71.1 Å². The summed E-state index contributed by atoms with van der Waals surface area (Å²) in [5.41, 5.74) is 2.76. The van der Waals surface area contributed by atoms with Gasteiger partial charge in [-0.05, 0) is 53.3 Å². The zero-order valence-electron chi connectivity index (χ0n) is 16.5. The van der Waals surface area contributed by atoms with Crippen LogP contribution in [0.2, 0.25) is 0 Å². The molecular weight excluding hydrogens is 394 g/mol. The summed E-state index contributed by atoms with van der Waals surface area (Å²) >= 11 is 1.30. The van der Waals surface area contributed by atoms with Crippen molar-refractivity contribution in [2.24, 2.45) is 0 Å². The van der Waals surface area contributed by atoms with Crippen LogP contribution in [0.4, 0.5) is 5.69 Å². The van der Waals surface area contributed by atoms with E-state index in [9.17, 15) is 9.59 Å². The monoisotopic (exact) mass is 415 g/mol. The normalized spacial score (nSPS) is 11.8. The lowest BCUT2D eigenvalue weighted by molar-refractivity contribution is 0.0951. The van der Waals surface area contributed by atoms with Gasteiger partial charge < -0.3 is 10.6 Å². The number of anilines is 1. The van der Waals surface area contributed by atoms with Crippen LogP contribution in [0, 0.1) is 0 Å². The molecule has 6 heteroatoms. The minimum Gasteiger partial charge on any atom is -0.351 e. The standard InChI is InChI=1S/C24H21N3O2S/c1-16(17-7-3-2-4-8-17)15-25-23(28)18-11-13-19(14-12-18)26-24(29)22-20-9-5-6-10-21(20)30-27-22/h2-14,16H,15H2,1H3,(H,25,28)(H,26,29). The molecule has 4 rings (SSSR count). The van der Waals surface area contributed by atoms with Gasteiger partial charge in [0, 0.05) is 23.2 Å². The molecule has 1 heterocycles. The smallest absolute Gasteiger partial charge is 0.276 e. The van der Waals surface area contributed by atoms with E-state index in [1.807, 2.05) is 42.5 Å². The molecule has 30 heavy (non-hydrogen) atoms. The van der Waals surface area contributed by atoms with Gasteiger partial charge in [0.2, 0.25) is 0 Å². The van der Waals surface area contributed by atoms with Gasteiger partial charge in [0.1, 0.15) is 5.69 Å². The van der Waals surface area contributed by atoms with Crippen molar-refractivity contribution in [3.8, 4) is 0 Å². The van der Waals surface area contributed by atoms with E-state index >= 15 is 0 Å². The highest BCUT2D eigenvalue weighted by molar-refractivity contribution is 7.13. The van der Waals surface area contributed by atoms with Gasteiger partial charge in [-0.15, -0.1) is 0 Å². The molecule has 3 aromatic carbocycles. The van der Waals surface area contributed by atoms with Crippen molar-refractivity contribution >= 4 is 39.1 Å². The second-order valence-electron chi connectivity index (χ2n) is 7.08. The molecule has 0 saturated heterocycles. The summed E-state index contributed by atoms with van der Waals surface area (Å²) in [6.07, 6.45) is 0. The van der Waals surface area contributed by atoms with Crippen molar-refractivity contribution in [2.75, 3.05) is 11.9 Å². The minimum atomic E-state index is -0.263. The molecule has 0 bridgehead atoms. The number of rotatable bonds is 6. The van der Waals surface area contributed by atoms with Crippen molar-refractivity contribution in [2.45, 2.75) is 12.8 Å². The molecule has 0 aliphatic carbocycles. The fraction of sp³-hybridized carbons (Fsp3) is 0.125. The average molecular weight is 416 g/mol. The molecular formula is C24H21N3O2S. The van der Waals surface area contributed by atoms with Crippen LogP contribution >= 0.6 is 11.5 Å². The summed E-state index contributed by atoms with van der Waals surface area (Å²) in [4.78, 5) is 25.0. The van der Waals surface area contributed by atoms with Crippen molar-refractivity contribution < 1.29 is 9.59 Å². The number of carbonyl (C=O) groups excluding carboxylic acids is 2. The minimum absolute atomic E-state index is 0.138. The van der Waals surface area contributed by atoms with E-state index in [-0.39, 0.29) is 17.7 Å². The van der Waals surface area contributed by atoms with E-state index in [2.05, 4.69) is 34.1 Å². The first-order chi connectivity index (χ1) is 14.6. The fourth-order valence-corrected chi connectivity index (χ4v) is 3.97. The molecule has 1 unspecified atom stereocenters. The second-order valence-corrected chi connectivity index (χ2v) is 7.89. The number of nitrogens with zero attached hydrogens (tertiary/aromatic N) is 1. The molecule has 0 spiro atoms. The van der Waals surface area contributed by atoms with Crippen molar-refractivity contribution in [3.63, 3.8) is 0 Å². The molecule has 4 aromatic rings. The number of benzene rings is 3. The van der Waals surface area contributed by atoms with Gasteiger partial charge in [-0.1, -0.05) is 55.5 Å². The lowest BCUT2D eigenvalue weighted by Crippen LogP contribution is -2.27. The molecule has 1 atom stereocenters. The highest BCUT2D eigenvalue weighted by Gasteiger charge is 2.15. The maximum absolute atomic E-state index is 12.6. The Balaban J connectivity index is 1.36. The maximum atomic E-state index is 12.6. The zero-order valence-corrected chi connectivity index (χ0v) is 17.3. The van der Waals surface area contributed by atoms with Crippen LogP contribution in [0.5, 0.6) is 0 Å². The van der Waals surface area contributed by atoms with Crippen LogP contribution < -0.4 is 10.6 Å². The van der Waals surface area contributed by atoms with Crippen LogP contribution in [-0.4, -0.2) is 22.7 Å². The summed E-state index contributed by atoms with van der Waals surface area (Å²) in [5.74, 6) is -0.177. The van der Waals surface area contributed by atoms with Crippen molar-refractivity contribution in [1.82, 2.24) is 9.69 Å². The van der Waals surface area contributed by atoms with E-state index in [1.165, 1.54) is 17.1 Å². The first-order valence-electron chi connectivity index (χ1n) is 9.71. The molecule has 5 nitrogen and oxygen atoms in total. The third-order valence-electron chi connectivity index (χ3n) is 4.93. The Labute approximate surface area is 178 Å². The van der Waals surface area contributed by atoms with Crippen molar-refractivity contribution in [1.29, 1.82) is 0 Å². The SMILES string of the molecule is CC(CNC(=O)c1ccc(NC(=O)c2nsc3ccccc23)cc1)c1ccccc1. The number of carbonyl (C=O) groups is 2. The van der Waals surface area contributed by atoms with Crippen LogP contribution in [0.25, 0.3) is 10.1 Å². The van der Waals surface area contributed by atoms with Gasteiger partial charge >= 0.3 is 0 Å². The van der Waals surface area contributed by atoms with Crippen LogP contribution in [-0.2, 0) is 0 Å². The number of amides is 2. The second kappa shape index (κ2) is 8.88. The maximum Gasteiger partial charge on any atom is 0.276 e. The van der Waals surface area contributed by atoms with E-state index in [4.69, 9.17) is 0 Å². The van der Waals surface area contributed by atoms with Gasteiger partial charge in [-0.2, -0.15) is 4.37 Å². The Hall–Kier alpha value is -3.51. The third-order valence-corrected chi connectivity index (χ3v) is 5.76. The number of hydrogen-bond acceptors (Lipinski definition) is 4. The Morgan fingerprint density at radius 1 is 0.900 bits per heavy atom. The highest BCUT2D eigenvalue weighted by atomic mass is 32.1. The molecule has 2 N–H and O–H groups in total. The predicted octanol–water partition coefficient (Wildman–Crippen LogP) is 5.08. The van der Waals surface area contributed by atoms with Gasteiger partial charge in [0.15, 0.2) is 0 Å². The predicted molar refractivity (Wildman–Crippen MR) is 121 cm³/mol. The summed E-state index contributed by atoms with van der Waals surface area (Å²) in [6.45, 7) is 2.63. The van der Waals surface area contributed by atoms with Crippen LogP contribution in [0.15, 0.2) is 78.9 Å². The lowest BCUT2D eigenvalue weighted by Gasteiger charge is -2.13. The quantitative estimate of drug-likeness (QED) is 0.461. The zero-order chi connectivity index (χ0) is 20.9. The number of fused-ring (bicyclic) bond motifs is 1. The molecule has 1 aromatic heterocycles. The lowest BCUT2D eigenvalue weighted by atomic mass is 10.0. The van der Waals surface area contributed by atoms with E-state index in [0.717, 1.165) is 10.1 Å². The average Bonchev–Trinajstić information content (AvgIpc) is 3.23. The molecule has 0 radical (unpaired) electrons. The summed E-state index contributed by atoms with van der Waals surface area (Å²) in [5, 5.41) is 6.65. The summed E-state index contributed by atoms with van der Waals surface area (Å²) in [7, 11) is 0. The Morgan fingerprint density at radius 2 is 1.60 bits per heavy atom. The van der Waals surface area contributed by atoms with E-state index in [0.29, 0.717) is 23.5 Å². The fourth-order valence-electron chi connectivity index (χ4n) is 3.19. The first kappa shape index (κ1) is 19.8. The van der Waals surface area contributed by atoms with Crippen molar-refractivity contribution in [3.05, 3.63) is 95.7 Å². The molecule has 150 valence electrons. The Morgan fingerprint density at radius 3 is 2.37 bits per heavy atom. The molecule has 0 fully saturated rings. The third kappa shape index (κ3) is 4.39. The number of aromatic nitrogens is 1. The van der Waals surface area contributed by atoms with E-state index < -0.39 is 0 Å². The van der Waals surface area contributed by atoms with Crippen LogP contribution in [0.3, 0.4) is 0 Å². The van der Waals surface area contributed by atoms with Crippen LogP contribution in [0.1, 0.15) is 39.3 Å². The highest BCUT2D eigenvalue weighted by Crippen LogP contribution is 2.23. The van der Waals surface area contributed by atoms with Gasteiger partial charge in [-0.3, -0.25) is 9.59 Å². The molecule has 0 saturated carbocycles. The summed E-state index contributed by atoms with van der Waals surface area (Å²) in [6, 6.07) is 24.6. The Kier molecular flexibility index (Phi) is 5.86. The van der Waals surface area contributed by atoms with Gasteiger partial charge in [0.05, 0.1) is 4.70 Å².